The molecule has 1 heterocycles. The number of aromatic nitrogens is 1. The first kappa shape index (κ1) is 13.3. The Labute approximate surface area is 100 Å². The summed E-state index contributed by atoms with van der Waals surface area (Å²) in [5.74, 6) is 0.435. The first-order valence-corrected chi connectivity index (χ1v) is 5.51. The molecule has 17 heavy (non-hydrogen) atoms. The van der Waals surface area contributed by atoms with Gasteiger partial charge >= 0.3 is 0 Å². The average molecular weight is 236 g/mol. The highest BCUT2D eigenvalue weighted by Crippen LogP contribution is 2.15. The van der Waals surface area contributed by atoms with Crippen molar-refractivity contribution in [2.45, 2.75) is 33.6 Å². The highest BCUT2D eigenvalue weighted by Gasteiger charge is 2.13. The predicted molar refractivity (Wildman–Crippen MR) is 63.8 cm³/mol. The topological polar surface area (TPSA) is 73.1 Å². The van der Waals surface area contributed by atoms with Gasteiger partial charge in [0.1, 0.15) is 12.0 Å². The van der Waals surface area contributed by atoms with Crippen LogP contribution in [0.4, 0.5) is 5.69 Å². The van der Waals surface area contributed by atoms with Gasteiger partial charge in [0, 0.05) is 18.9 Å². The Hall–Kier alpha value is -1.78. The molecule has 0 amide bonds. The fourth-order valence-corrected chi connectivity index (χ4v) is 1.59. The van der Waals surface area contributed by atoms with Crippen molar-refractivity contribution in [3.8, 4) is 0 Å². The lowest BCUT2D eigenvalue weighted by Gasteiger charge is -2.05. The largest absolute Gasteiger partial charge is 0.299 e. The number of hydrogen-bond donors (Lipinski definition) is 0. The molecule has 0 atom stereocenters. The zero-order valence-corrected chi connectivity index (χ0v) is 10.3. The number of pyridine rings is 1. The molecule has 0 aliphatic heterocycles. The van der Waals surface area contributed by atoms with Gasteiger partial charge in [0.05, 0.1) is 10.6 Å². The number of ketones is 1. The van der Waals surface area contributed by atoms with Crippen LogP contribution in [0.25, 0.3) is 0 Å². The van der Waals surface area contributed by atoms with Gasteiger partial charge in [-0.05, 0) is 18.4 Å². The van der Waals surface area contributed by atoms with Crippen molar-refractivity contribution >= 4 is 11.5 Å². The molecule has 0 spiro atoms. The van der Waals surface area contributed by atoms with Crippen LogP contribution < -0.4 is 0 Å². The lowest BCUT2D eigenvalue weighted by molar-refractivity contribution is -0.385. The molecule has 1 aromatic rings. The quantitative estimate of drug-likeness (QED) is 0.581. The first-order chi connectivity index (χ1) is 7.90. The molecule has 0 saturated carbocycles. The van der Waals surface area contributed by atoms with Crippen molar-refractivity contribution in [3.63, 3.8) is 0 Å². The minimum Gasteiger partial charge on any atom is -0.299 e. The second kappa shape index (κ2) is 5.52. The summed E-state index contributed by atoms with van der Waals surface area (Å²) in [5.41, 5.74) is 1.28. The maximum absolute atomic E-state index is 11.6. The van der Waals surface area contributed by atoms with E-state index < -0.39 is 4.92 Å². The molecule has 1 rings (SSSR count). The summed E-state index contributed by atoms with van der Waals surface area (Å²) in [6.45, 7) is 5.69. The first-order valence-electron chi connectivity index (χ1n) is 5.51. The molecule has 1 aromatic heterocycles. The maximum Gasteiger partial charge on any atom is 0.287 e. The Bertz CT molecular complexity index is 441. The van der Waals surface area contributed by atoms with E-state index in [1.165, 1.54) is 12.3 Å². The molecule has 0 aliphatic carbocycles. The van der Waals surface area contributed by atoms with Gasteiger partial charge in [-0.15, -0.1) is 0 Å². The minimum atomic E-state index is -0.486. The van der Waals surface area contributed by atoms with Gasteiger partial charge < -0.3 is 0 Å². The number of hydrogen-bond acceptors (Lipinski definition) is 4. The van der Waals surface area contributed by atoms with E-state index in [9.17, 15) is 14.9 Å². The monoisotopic (exact) mass is 236 g/mol. The maximum atomic E-state index is 11.6. The molecule has 0 aromatic carbocycles. The number of aryl methyl sites for hydroxylation is 1. The van der Waals surface area contributed by atoms with Gasteiger partial charge in [0.25, 0.3) is 5.69 Å². The third kappa shape index (κ3) is 3.94. The van der Waals surface area contributed by atoms with Crippen LogP contribution in [0.15, 0.2) is 12.3 Å². The van der Waals surface area contributed by atoms with Gasteiger partial charge in [0.15, 0.2) is 0 Å². The fourth-order valence-electron chi connectivity index (χ4n) is 1.59. The molecular formula is C12H16N2O3. The van der Waals surface area contributed by atoms with Gasteiger partial charge in [-0.25, -0.2) is 0 Å². The molecule has 0 saturated heterocycles. The van der Waals surface area contributed by atoms with Gasteiger partial charge in [0.2, 0.25) is 0 Å². The van der Waals surface area contributed by atoms with Crippen molar-refractivity contribution in [1.82, 2.24) is 4.98 Å². The number of nitro groups is 1. The molecule has 0 bridgehead atoms. The molecule has 0 unspecified atom stereocenters. The summed E-state index contributed by atoms with van der Waals surface area (Å²) in [6, 6.07) is 1.45. The Morgan fingerprint density at radius 3 is 2.65 bits per heavy atom. The standard InChI is InChI=1S/C12H16N2O3/c1-8(2)4-11(15)6-12-9(3)5-10(7-13-12)14(16)17/h5,7-8H,4,6H2,1-3H3. The van der Waals surface area contributed by atoms with Gasteiger partial charge in [-0.1, -0.05) is 13.8 Å². The van der Waals surface area contributed by atoms with Crippen LogP contribution in [0, 0.1) is 23.0 Å². The third-order valence-corrected chi connectivity index (χ3v) is 2.38. The van der Waals surface area contributed by atoms with Crippen LogP contribution in [0.3, 0.4) is 0 Å². The van der Waals surface area contributed by atoms with E-state index >= 15 is 0 Å². The SMILES string of the molecule is Cc1cc([N+](=O)[O-])cnc1CC(=O)CC(C)C. The molecule has 0 radical (unpaired) electrons. The molecule has 5 nitrogen and oxygen atoms in total. The molecular weight excluding hydrogens is 220 g/mol. The number of nitrogens with zero attached hydrogens (tertiary/aromatic N) is 2. The normalized spacial score (nSPS) is 10.6. The van der Waals surface area contributed by atoms with E-state index in [2.05, 4.69) is 4.98 Å². The highest BCUT2D eigenvalue weighted by atomic mass is 16.6. The van der Waals surface area contributed by atoms with E-state index in [0.29, 0.717) is 23.6 Å². The molecule has 0 fully saturated rings. The number of rotatable bonds is 5. The van der Waals surface area contributed by atoms with Crippen LogP contribution >= 0.6 is 0 Å². The van der Waals surface area contributed by atoms with Crippen LogP contribution in [-0.4, -0.2) is 15.7 Å². The van der Waals surface area contributed by atoms with Crippen molar-refractivity contribution in [2.24, 2.45) is 5.92 Å². The van der Waals surface area contributed by atoms with E-state index in [1.807, 2.05) is 13.8 Å². The van der Waals surface area contributed by atoms with Crippen LogP contribution in [0.1, 0.15) is 31.5 Å². The summed E-state index contributed by atoms with van der Waals surface area (Å²) in [7, 11) is 0. The van der Waals surface area contributed by atoms with Crippen molar-refractivity contribution in [3.05, 3.63) is 33.6 Å². The molecule has 0 N–H and O–H groups in total. The van der Waals surface area contributed by atoms with Crippen LogP contribution in [0.2, 0.25) is 0 Å². The van der Waals surface area contributed by atoms with E-state index in [0.717, 1.165) is 0 Å². The summed E-state index contributed by atoms with van der Waals surface area (Å²) in [5, 5.41) is 10.5. The molecule has 0 aliphatic rings. The van der Waals surface area contributed by atoms with E-state index in [4.69, 9.17) is 0 Å². The van der Waals surface area contributed by atoms with Gasteiger partial charge in [-0.2, -0.15) is 0 Å². The van der Waals surface area contributed by atoms with Gasteiger partial charge in [-0.3, -0.25) is 19.9 Å². The lowest BCUT2D eigenvalue weighted by Crippen LogP contribution is -2.09. The summed E-state index contributed by atoms with van der Waals surface area (Å²) in [4.78, 5) is 25.6. The number of carbonyl (C=O) groups is 1. The zero-order valence-electron chi connectivity index (χ0n) is 10.3. The summed E-state index contributed by atoms with van der Waals surface area (Å²) < 4.78 is 0. The highest BCUT2D eigenvalue weighted by molar-refractivity contribution is 5.80. The number of carbonyl (C=O) groups excluding carboxylic acids is 1. The van der Waals surface area contributed by atoms with Crippen LogP contribution in [-0.2, 0) is 11.2 Å². The average Bonchev–Trinajstić information content (AvgIpc) is 2.19. The van der Waals surface area contributed by atoms with Crippen molar-refractivity contribution < 1.29 is 9.72 Å². The zero-order chi connectivity index (χ0) is 13.0. The van der Waals surface area contributed by atoms with Crippen molar-refractivity contribution in [2.75, 3.05) is 0 Å². The summed E-state index contributed by atoms with van der Waals surface area (Å²) in [6.07, 6.45) is 1.96. The lowest BCUT2D eigenvalue weighted by atomic mass is 10.0. The second-order valence-corrected chi connectivity index (χ2v) is 4.53. The number of Topliss-reactive ketones (excluding diaryl/α,β-unsaturated/α-hetero) is 1. The van der Waals surface area contributed by atoms with Crippen LogP contribution in [0.5, 0.6) is 0 Å². The van der Waals surface area contributed by atoms with Crippen molar-refractivity contribution in [1.29, 1.82) is 0 Å². The Kier molecular flexibility index (Phi) is 4.31. The fraction of sp³-hybridized carbons (Fsp3) is 0.500. The Morgan fingerprint density at radius 1 is 1.53 bits per heavy atom. The van der Waals surface area contributed by atoms with E-state index in [-0.39, 0.29) is 17.9 Å². The Balaban J connectivity index is 2.79. The van der Waals surface area contributed by atoms with E-state index in [1.54, 1.807) is 6.92 Å². The minimum absolute atomic E-state index is 0.0393. The third-order valence-electron chi connectivity index (χ3n) is 2.38. The predicted octanol–water partition coefficient (Wildman–Crippen LogP) is 2.46. The second-order valence-electron chi connectivity index (χ2n) is 4.53. The summed E-state index contributed by atoms with van der Waals surface area (Å²) >= 11 is 0. The smallest absolute Gasteiger partial charge is 0.287 e. The molecule has 5 heteroatoms. The molecule has 92 valence electrons. The Morgan fingerprint density at radius 2 is 2.18 bits per heavy atom.